The first-order valence-corrected chi connectivity index (χ1v) is 15.4. The molecule has 4 aromatic rings. The summed E-state index contributed by atoms with van der Waals surface area (Å²) in [6.45, 7) is -0.0682. The van der Waals surface area contributed by atoms with Crippen LogP contribution in [-0.2, 0) is 27.6 Å². The largest absolute Gasteiger partial charge is 0.480 e. The number of hydrogen-bond donors (Lipinski definition) is 3. The second-order valence-corrected chi connectivity index (χ2v) is 12.5. The second-order valence-electron chi connectivity index (χ2n) is 9.80. The van der Waals surface area contributed by atoms with Gasteiger partial charge in [-0.05, 0) is 53.9 Å². The fraction of sp³-hybridized carbons (Fsp3) is 0.214. The molecule has 12 nitrogen and oxygen atoms in total. The summed E-state index contributed by atoms with van der Waals surface area (Å²) in [4.78, 5) is 52.2. The van der Waals surface area contributed by atoms with Crippen LogP contribution in [0.3, 0.4) is 0 Å². The van der Waals surface area contributed by atoms with Gasteiger partial charge in [-0.2, -0.15) is 0 Å². The molecule has 3 heterocycles. The van der Waals surface area contributed by atoms with E-state index in [0.29, 0.717) is 35.2 Å². The lowest BCUT2D eigenvalue weighted by Crippen LogP contribution is -2.48. The molecule has 0 saturated heterocycles. The van der Waals surface area contributed by atoms with E-state index >= 15 is 0 Å². The average Bonchev–Trinajstić information content (AvgIpc) is 3.64. The number of fused-ring (bicyclic) bond motifs is 2. The van der Waals surface area contributed by atoms with Crippen molar-refractivity contribution < 1.29 is 41.5 Å². The molecule has 2 aromatic heterocycles. The van der Waals surface area contributed by atoms with Crippen LogP contribution in [0.15, 0.2) is 62.7 Å². The smallest absolute Gasteiger partial charge is 0.328 e. The van der Waals surface area contributed by atoms with E-state index in [2.05, 4.69) is 10.6 Å². The van der Waals surface area contributed by atoms with E-state index in [9.17, 15) is 32.7 Å². The van der Waals surface area contributed by atoms with E-state index in [1.54, 1.807) is 35.4 Å². The normalized spacial score (nSPS) is 13.8. The minimum Gasteiger partial charge on any atom is -0.480 e. The number of carboxylic acid groups (broad SMARTS) is 1. The Balaban J connectivity index is 1.28. The molecule has 43 heavy (non-hydrogen) atoms. The van der Waals surface area contributed by atoms with Crippen LogP contribution >= 0.6 is 23.2 Å². The molecule has 0 radical (unpaired) electrons. The van der Waals surface area contributed by atoms with Gasteiger partial charge in [0.05, 0.1) is 21.9 Å². The molecule has 0 saturated carbocycles. The summed E-state index contributed by atoms with van der Waals surface area (Å²) < 4.78 is 33.5. The highest BCUT2D eigenvalue weighted by Crippen LogP contribution is 2.35. The average molecular weight is 648 g/mol. The third-order valence-electron chi connectivity index (χ3n) is 6.86. The molecule has 224 valence electrons. The first-order valence-electron chi connectivity index (χ1n) is 12.7. The van der Waals surface area contributed by atoms with Crippen molar-refractivity contribution in [2.24, 2.45) is 0 Å². The molecular formula is C28H23Cl2N3O9S. The highest BCUT2D eigenvalue weighted by Gasteiger charge is 2.30. The van der Waals surface area contributed by atoms with E-state index in [1.807, 2.05) is 0 Å². The van der Waals surface area contributed by atoms with E-state index in [0.717, 1.165) is 23.8 Å². The van der Waals surface area contributed by atoms with Crippen LogP contribution in [0.4, 0.5) is 0 Å². The topological polar surface area (TPSA) is 176 Å². The predicted molar refractivity (Wildman–Crippen MR) is 154 cm³/mol. The molecule has 1 atom stereocenters. The zero-order valence-corrected chi connectivity index (χ0v) is 24.7. The maximum absolute atomic E-state index is 13.2. The zero-order chi connectivity index (χ0) is 31.1. The fourth-order valence-electron chi connectivity index (χ4n) is 4.66. The number of carbonyl (C=O) groups excluding carboxylic acids is 3. The third kappa shape index (κ3) is 6.24. The Bertz CT molecular complexity index is 1900. The summed E-state index contributed by atoms with van der Waals surface area (Å²) in [5, 5.41) is 14.6. The van der Waals surface area contributed by atoms with Gasteiger partial charge < -0.3 is 29.5 Å². The number of benzene rings is 2. The number of carboxylic acids is 1. The number of hydrogen-bond acceptors (Lipinski definition) is 8. The van der Waals surface area contributed by atoms with Crippen molar-refractivity contribution in [1.29, 1.82) is 0 Å². The van der Waals surface area contributed by atoms with Gasteiger partial charge in [0.2, 0.25) is 14.9 Å². The van der Waals surface area contributed by atoms with Crippen LogP contribution in [0.2, 0.25) is 10.0 Å². The summed E-state index contributed by atoms with van der Waals surface area (Å²) in [6.07, 6.45) is 2.76. The Morgan fingerprint density at radius 3 is 2.53 bits per heavy atom. The Morgan fingerprint density at radius 1 is 1.07 bits per heavy atom. The Kier molecular flexibility index (Phi) is 8.23. The predicted octanol–water partition coefficient (Wildman–Crippen LogP) is 3.55. The first kappa shape index (κ1) is 30.1. The minimum atomic E-state index is -3.69. The van der Waals surface area contributed by atoms with Crippen LogP contribution in [0.25, 0.3) is 11.0 Å². The SMILES string of the molecule is CS(=O)(=O)c1ccc(C(=O)NC[C@H](NC(=O)c2c(Cl)cc3c(c2Cl)CCN(C(=O)c2ccc4ccoc4c2)C3)C(=O)O)o1. The molecule has 1 aliphatic heterocycles. The number of amides is 3. The van der Waals surface area contributed by atoms with Crippen molar-refractivity contribution in [2.45, 2.75) is 24.1 Å². The number of aliphatic carboxylic acids is 1. The number of carbonyl (C=O) groups is 4. The molecule has 0 spiro atoms. The minimum absolute atomic E-state index is 0.0289. The lowest BCUT2D eigenvalue weighted by molar-refractivity contribution is -0.139. The highest BCUT2D eigenvalue weighted by atomic mass is 35.5. The van der Waals surface area contributed by atoms with Crippen molar-refractivity contribution in [1.82, 2.24) is 15.5 Å². The van der Waals surface area contributed by atoms with Crippen molar-refractivity contribution in [2.75, 3.05) is 19.3 Å². The van der Waals surface area contributed by atoms with Gasteiger partial charge in [-0.3, -0.25) is 14.4 Å². The quantitative estimate of drug-likeness (QED) is 0.258. The van der Waals surface area contributed by atoms with Gasteiger partial charge in [0, 0.05) is 36.8 Å². The summed E-state index contributed by atoms with van der Waals surface area (Å²) >= 11 is 13.0. The van der Waals surface area contributed by atoms with E-state index in [-0.39, 0.29) is 33.8 Å². The summed E-state index contributed by atoms with van der Waals surface area (Å²) in [5.74, 6) is -3.81. The molecule has 0 fully saturated rings. The Morgan fingerprint density at radius 2 is 1.84 bits per heavy atom. The number of furan rings is 2. The van der Waals surface area contributed by atoms with Crippen LogP contribution in [0.1, 0.15) is 42.4 Å². The molecule has 5 rings (SSSR count). The molecule has 1 aliphatic rings. The van der Waals surface area contributed by atoms with Crippen molar-refractivity contribution in [3.8, 4) is 0 Å². The maximum atomic E-state index is 13.2. The maximum Gasteiger partial charge on any atom is 0.328 e. The van der Waals surface area contributed by atoms with Gasteiger partial charge in [0.15, 0.2) is 5.76 Å². The van der Waals surface area contributed by atoms with Gasteiger partial charge >= 0.3 is 5.97 Å². The summed E-state index contributed by atoms with van der Waals surface area (Å²) in [5.41, 5.74) is 2.13. The highest BCUT2D eigenvalue weighted by molar-refractivity contribution is 7.90. The molecule has 2 aromatic carbocycles. The van der Waals surface area contributed by atoms with Gasteiger partial charge in [-0.1, -0.05) is 29.3 Å². The number of sulfone groups is 1. The van der Waals surface area contributed by atoms with Crippen molar-refractivity contribution in [3.63, 3.8) is 0 Å². The molecule has 0 unspecified atom stereocenters. The fourth-order valence-corrected chi connectivity index (χ4v) is 5.98. The Hall–Kier alpha value is -4.33. The van der Waals surface area contributed by atoms with Crippen molar-refractivity contribution in [3.05, 3.63) is 86.8 Å². The van der Waals surface area contributed by atoms with Gasteiger partial charge in [-0.15, -0.1) is 0 Å². The summed E-state index contributed by atoms with van der Waals surface area (Å²) in [7, 11) is -3.69. The van der Waals surface area contributed by atoms with Crippen LogP contribution in [0.5, 0.6) is 0 Å². The van der Waals surface area contributed by atoms with Crippen LogP contribution in [0, 0.1) is 0 Å². The Labute approximate surface area is 254 Å². The number of nitrogens with zero attached hydrogens (tertiary/aromatic N) is 1. The summed E-state index contributed by atoms with van der Waals surface area (Å²) in [6, 6.07) is 9.12. The van der Waals surface area contributed by atoms with Crippen molar-refractivity contribution >= 4 is 67.7 Å². The van der Waals surface area contributed by atoms with E-state index in [1.165, 1.54) is 6.07 Å². The zero-order valence-electron chi connectivity index (χ0n) is 22.3. The van der Waals surface area contributed by atoms with Crippen LogP contribution in [-0.4, -0.2) is 67.5 Å². The molecule has 0 aliphatic carbocycles. The molecule has 0 bridgehead atoms. The van der Waals surface area contributed by atoms with E-state index < -0.39 is 45.3 Å². The standard InChI is InChI=1S/C28H23Cl2N3O9S/c1-43(39,40)22-5-4-20(42-22)25(34)31-12-19(28(37)38)32-26(35)23-18(29)10-16-13-33(8-6-17(16)24(23)30)27(36)15-3-2-14-7-9-41-21(14)11-15/h2-5,7,9-11,19H,6,8,12-13H2,1H3,(H,31,34)(H,32,35)(H,37,38)/t19-/m0/s1. The molecule has 15 heteroatoms. The number of halogens is 2. The van der Waals surface area contributed by atoms with Gasteiger partial charge in [-0.25, -0.2) is 13.2 Å². The van der Waals surface area contributed by atoms with Gasteiger partial charge in [0.25, 0.3) is 17.7 Å². The second kappa shape index (κ2) is 11.7. The number of rotatable bonds is 8. The lowest BCUT2D eigenvalue weighted by atomic mass is 9.96. The third-order valence-corrected chi connectivity index (χ3v) is 8.53. The van der Waals surface area contributed by atoms with Crippen LogP contribution < -0.4 is 10.6 Å². The monoisotopic (exact) mass is 647 g/mol. The molecule has 3 N–H and O–H groups in total. The molecular weight excluding hydrogens is 625 g/mol. The lowest BCUT2D eigenvalue weighted by Gasteiger charge is -2.30. The van der Waals surface area contributed by atoms with E-state index in [4.69, 9.17) is 32.0 Å². The van der Waals surface area contributed by atoms with Gasteiger partial charge in [0.1, 0.15) is 11.6 Å². The first-order chi connectivity index (χ1) is 20.3. The molecule has 3 amide bonds. The number of nitrogens with one attached hydrogen (secondary N) is 2.